The number of nitrogens with one attached hydrogen (secondary N) is 1. The molecule has 2 nitrogen and oxygen atoms in total. The fraction of sp³-hybridized carbons (Fsp3) is 0.917. The molecule has 0 bridgehead atoms. The Bertz CT molecular complexity index is 265. The van der Waals surface area contributed by atoms with E-state index in [9.17, 15) is 0 Å². The van der Waals surface area contributed by atoms with E-state index in [0.29, 0.717) is 5.54 Å². The number of aliphatic imine (C=N–C) groups is 1. The van der Waals surface area contributed by atoms with E-state index in [0.717, 1.165) is 12.5 Å². The molecule has 1 heterocycles. The molecule has 3 heteroatoms. The van der Waals surface area contributed by atoms with Crippen LogP contribution in [0, 0.1) is 5.92 Å². The van der Waals surface area contributed by atoms with E-state index < -0.39 is 0 Å². The average molecular weight is 224 g/mol. The maximum atomic E-state index is 4.70. The maximum Gasteiger partial charge on any atom is 0.157 e. The molecule has 0 atom stereocenters. The van der Waals surface area contributed by atoms with Crippen LogP contribution in [-0.4, -0.2) is 23.0 Å². The first-order valence-electron chi connectivity index (χ1n) is 6.32. The van der Waals surface area contributed by atoms with Crippen molar-refractivity contribution in [1.29, 1.82) is 0 Å². The summed E-state index contributed by atoms with van der Waals surface area (Å²) in [6.45, 7) is 1.07. The molecule has 0 radical (unpaired) electrons. The predicted octanol–water partition coefficient (Wildman–Crippen LogP) is 2.79. The summed E-state index contributed by atoms with van der Waals surface area (Å²) in [5, 5.41) is 4.94. The number of nitrogens with zero attached hydrogens (tertiary/aromatic N) is 1. The molecule has 3 fully saturated rings. The zero-order valence-electron chi connectivity index (χ0n) is 9.30. The minimum atomic E-state index is 0.436. The van der Waals surface area contributed by atoms with Gasteiger partial charge in [-0.05, 0) is 31.6 Å². The molecule has 15 heavy (non-hydrogen) atoms. The molecule has 84 valence electrons. The topological polar surface area (TPSA) is 24.4 Å². The minimum Gasteiger partial charge on any atom is -0.359 e. The van der Waals surface area contributed by atoms with Crippen LogP contribution in [0.4, 0.5) is 0 Å². The van der Waals surface area contributed by atoms with Crippen LogP contribution in [0.2, 0.25) is 0 Å². The van der Waals surface area contributed by atoms with Crippen molar-refractivity contribution in [2.75, 3.05) is 12.3 Å². The van der Waals surface area contributed by atoms with Gasteiger partial charge in [-0.25, -0.2) is 0 Å². The van der Waals surface area contributed by atoms with Gasteiger partial charge >= 0.3 is 0 Å². The van der Waals surface area contributed by atoms with Gasteiger partial charge in [-0.1, -0.05) is 31.0 Å². The lowest BCUT2D eigenvalue weighted by Crippen LogP contribution is -2.45. The molecule has 2 aliphatic carbocycles. The number of thioether (sulfide) groups is 1. The highest BCUT2D eigenvalue weighted by atomic mass is 32.2. The number of amidine groups is 1. The van der Waals surface area contributed by atoms with Gasteiger partial charge in [0.15, 0.2) is 5.17 Å². The zero-order valence-corrected chi connectivity index (χ0v) is 10.1. The molecule has 3 aliphatic rings. The van der Waals surface area contributed by atoms with Crippen molar-refractivity contribution in [2.45, 2.75) is 50.5 Å². The molecule has 0 aromatic rings. The predicted molar refractivity (Wildman–Crippen MR) is 66.4 cm³/mol. The van der Waals surface area contributed by atoms with E-state index in [1.54, 1.807) is 0 Å². The van der Waals surface area contributed by atoms with Gasteiger partial charge in [0.1, 0.15) is 0 Å². The van der Waals surface area contributed by atoms with Gasteiger partial charge in [-0.2, -0.15) is 0 Å². The van der Waals surface area contributed by atoms with Crippen LogP contribution < -0.4 is 5.32 Å². The van der Waals surface area contributed by atoms with Crippen molar-refractivity contribution in [2.24, 2.45) is 10.9 Å². The summed E-state index contributed by atoms with van der Waals surface area (Å²) < 4.78 is 0. The van der Waals surface area contributed by atoms with Gasteiger partial charge in [0.2, 0.25) is 0 Å². The van der Waals surface area contributed by atoms with Gasteiger partial charge < -0.3 is 5.32 Å². The highest BCUT2D eigenvalue weighted by Gasteiger charge is 2.38. The lowest BCUT2D eigenvalue weighted by molar-refractivity contribution is 0.303. The van der Waals surface area contributed by atoms with Crippen molar-refractivity contribution in [1.82, 2.24) is 5.32 Å². The Morgan fingerprint density at radius 1 is 1.27 bits per heavy atom. The number of hydrogen-bond acceptors (Lipinski definition) is 2. The average Bonchev–Trinajstić information content (AvgIpc) is 3.02. The van der Waals surface area contributed by atoms with E-state index in [1.165, 1.54) is 55.9 Å². The van der Waals surface area contributed by atoms with Crippen LogP contribution in [0.25, 0.3) is 0 Å². The van der Waals surface area contributed by atoms with Crippen molar-refractivity contribution in [3.63, 3.8) is 0 Å². The second-order valence-electron chi connectivity index (χ2n) is 5.34. The standard InChI is InChI=1S/C12H20N2S/c1-2-6-12(7-3-1)9-15-11(14-12)13-8-10-4-5-10/h10H,1-9H2,(H,13,14). The monoisotopic (exact) mass is 224 g/mol. The molecule has 1 N–H and O–H groups in total. The van der Waals surface area contributed by atoms with Crippen LogP contribution in [0.15, 0.2) is 4.99 Å². The van der Waals surface area contributed by atoms with Crippen LogP contribution in [-0.2, 0) is 0 Å². The molecular formula is C12H20N2S. The van der Waals surface area contributed by atoms with Crippen molar-refractivity contribution < 1.29 is 0 Å². The van der Waals surface area contributed by atoms with Crippen molar-refractivity contribution >= 4 is 16.9 Å². The van der Waals surface area contributed by atoms with Crippen LogP contribution >= 0.6 is 11.8 Å². The Kier molecular flexibility index (Phi) is 2.67. The third-order valence-electron chi connectivity index (χ3n) is 3.86. The largest absolute Gasteiger partial charge is 0.359 e. The number of rotatable bonds is 2. The third kappa shape index (κ3) is 2.32. The van der Waals surface area contributed by atoms with Crippen LogP contribution in [0.1, 0.15) is 44.9 Å². The molecule has 3 rings (SSSR count). The van der Waals surface area contributed by atoms with E-state index >= 15 is 0 Å². The Morgan fingerprint density at radius 2 is 2.07 bits per heavy atom. The van der Waals surface area contributed by atoms with Gasteiger partial charge in [-0.3, -0.25) is 4.99 Å². The van der Waals surface area contributed by atoms with E-state index in [-0.39, 0.29) is 0 Å². The van der Waals surface area contributed by atoms with Gasteiger partial charge in [0, 0.05) is 17.8 Å². The summed E-state index contributed by atoms with van der Waals surface area (Å²) in [7, 11) is 0. The Labute approximate surface area is 96.3 Å². The normalized spacial score (nSPS) is 32.1. The van der Waals surface area contributed by atoms with Gasteiger partial charge in [0.05, 0.1) is 0 Å². The lowest BCUT2D eigenvalue weighted by atomic mass is 9.83. The van der Waals surface area contributed by atoms with E-state index in [2.05, 4.69) is 5.32 Å². The summed E-state index contributed by atoms with van der Waals surface area (Å²) in [5.74, 6) is 2.18. The van der Waals surface area contributed by atoms with Crippen LogP contribution in [0.5, 0.6) is 0 Å². The Balaban J connectivity index is 1.58. The molecule has 1 aliphatic heterocycles. The Hall–Kier alpha value is -0.180. The maximum absolute atomic E-state index is 4.70. The van der Waals surface area contributed by atoms with Gasteiger partial charge in [0.25, 0.3) is 0 Å². The quantitative estimate of drug-likeness (QED) is 0.780. The first kappa shape index (κ1) is 10.0. The second kappa shape index (κ2) is 4.00. The Morgan fingerprint density at radius 3 is 2.80 bits per heavy atom. The summed E-state index contributed by atoms with van der Waals surface area (Å²) in [4.78, 5) is 4.70. The zero-order chi connectivity index (χ0) is 10.1. The smallest absolute Gasteiger partial charge is 0.157 e. The molecule has 0 aromatic carbocycles. The molecule has 1 saturated heterocycles. The first-order chi connectivity index (χ1) is 7.36. The summed E-state index contributed by atoms with van der Waals surface area (Å²) in [6, 6.07) is 0. The number of hydrogen-bond donors (Lipinski definition) is 1. The fourth-order valence-corrected chi connectivity index (χ4v) is 3.83. The van der Waals surface area contributed by atoms with E-state index in [4.69, 9.17) is 4.99 Å². The van der Waals surface area contributed by atoms with Crippen LogP contribution in [0.3, 0.4) is 0 Å². The van der Waals surface area contributed by atoms with Crippen molar-refractivity contribution in [3.8, 4) is 0 Å². The highest BCUT2D eigenvalue weighted by molar-refractivity contribution is 8.14. The molecule has 0 amide bonds. The molecule has 1 spiro atoms. The molecule has 2 saturated carbocycles. The fourth-order valence-electron chi connectivity index (χ4n) is 2.60. The SMILES string of the molecule is C1CCC2(CC1)CSC(=NCC1CC1)N2. The summed E-state index contributed by atoms with van der Waals surface area (Å²) >= 11 is 1.96. The third-order valence-corrected chi connectivity index (χ3v) is 5.06. The highest BCUT2D eigenvalue weighted by Crippen LogP contribution is 2.36. The molecule has 0 aromatic heterocycles. The second-order valence-corrected chi connectivity index (χ2v) is 6.31. The molecular weight excluding hydrogens is 204 g/mol. The molecule has 0 unspecified atom stereocenters. The van der Waals surface area contributed by atoms with Gasteiger partial charge in [-0.15, -0.1) is 0 Å². The van der Waals surface area contributed by atoms with Crippen molar-refractivity contribution in [3.05, 3.63) is 0 Å². The minimum absolute atomic E-state index is 0.436. The first-order valence-corrected chi connectivity index (χ1v) is 7.30. The summed E-state index contributed by atoms with van der Waals surface area (Å²) in [6.07, 6.45) is 9.79. The summed E-state index contributed by atoms with van der Waals surface area (Å²) in [5.41, 5.74) is 0.436. The lowest BCUT2D eigenvalue weighted by Gasteiger charge is -2.32. The van der Waals surface area contributed by atoms with E-state index in [1.807, 2.05) is 11.8 Å².